The van der Waals surface area contributed by atoms with Crippen molar-refractivity contribution in [2.45, 2.75) is 6.92 Å². The van der Waals surface area contributed by atoms with Crippen LogP contribution in [0.2, 0.25) is 5.02 Å². The number of carbonyl (C=O) groups excluding carboxylic acids is 2. The van der Waals surface area contributed by atoms with Crippen molar-refractivity contribution in [2.75, 3.05) is 24.6 Å². The Labute approximate surface area is 168 Å². The van der Waals surface area contributed by atoms with E-state index in [1.807, 2.05) is 30.3 Å². The first-order chi connectivity index (χ1) is 13.5. The number of benzene rings is 2. The number of ether oxygens (including phenoxy) is 1. The third-order valence-electron chi connectivity index (χ3n) is 4.12. The standard InChI is InChI=1S/C21H20ClN3O3/c1-15(26)25(19-6-2-4-16-5-3-11-24-21(16)19)13-12-23-20(27)14-28-18-9-7-17(22)8-10-18/h2-11H,12-14H2,1H3,(H,23,27). The molecule has 0 saturated carbocycles. The molecule has 0 fully saturated rings. The van der Waals surface area contributed by atoms with E-state index < -0.39 is 0 Å². The normalized spacial score (nSPS) is 10.5. The van der Waals surface area contributed by atoms with E-state index in [2.05, 4.69) is 10.3 Å². The van der Waals surface area contributed by atoms with Gasteiger partial charge >= 0.3 is 0 Å². The number of hydrogen-bond donors (Lipinski definition) is 1. The van der Waals surface area contributed by atoms with E-state index in [1.54, 1.807) is 35.4 Å². The molecule has 3 rings (SSSR count). The number of anilines is 1. The number of fused-ring (bicyclic) bond motifs is 1. The average Bonchev–Trinajstić information content (AvgIpc) is 2.70. The highest BCUT2D eigenvalue weighted by molar-refractivity contribution is 6.30. The summed E-state index contributed by atoms with van der Waals surface area (Å²) < 4.78 is 5.41. The minimum atomic E-state index is -0.269. The second-order valence-corrected chi connectivity index (χ2v) is 6.55. The Kier molecular flexibility index (Phi) is 6.45. The van der Waals surface area contributed by atoms with E-state index in [9.17, 15) is 9.59 Å². The molecule has 0 saturated heterocycles. The minimum Gasteiger partial charge on any atom is -0.484 e. The van der Waals surface area contributed by atoms with E-state index in [0.29, 0.717) is 23.9 Å². The Morgan fingerprint density at radius 1 is 1.11 bits per heavy atom. The van der Waals surface area contributed by atoms with Crippen molar-refractivity contribution in [3.05, 3.63) is 65.8 Å². The Morgan fingerprint density at radius 3 is 2.61 bits per heavy atom. The van der Waals surface area contributed by atoms with Crippen LogP contribution in [0.3, 0.4) is 0 Å². The van der Waals surface area contributed by atoms with E-state index in [1.165, 1.54) is 6.92 Å². The molecule has 0 atom stereocenters. The number of nitrogens with one attached hydrogen (secondary N) is 1. The summed E-state index contributed by atoms with van der Waals surface area (Å²) in [6.07, 6.45) is 1.69. The predicted octanol–water partition coefficient (Wildman–Crippen LogP) is 3.44. The minimum absolute atomic E-state index is 0.114. The monoisotopic (exact) mass is 397 g/mol. The molecule has 1 N–H and O–H groups in total. The van der Waals surface area contributed by atoms with Crippen LogP contribution in [-0.2, 0) is 9.59 Å². The summed E-state index contributed by atoms with van der Waals surface area (Å²) in [4.78, 5) is 30.2. The third-order valence-corrected chi connectivity index (χ3v) is 4.38. The van der Waals surface area contributed by atoms with E-state index in [4.69, 9.17) is 16.3 Å². The molecule has 0 bridgehead atoms. The first-order valence-corrected chi connectivity index (χ1v) is 9.19. The van der Waals surface area contributed by atoms with E-state index in [0.717, 1.165) is 16.6 Å². The Morgan fingerprint density at radius 2 is 1.86 bits per heavy atom. The van der Waals surface area contributed by atoms with Crippen molar-refractivity contribution >= 4 is 40.0 Å². The molecule has 2 amide bonds. The van der Waals surface area contributed by atoms with Gasteiger partial charge in [0, 0.05) is 36.6 Å². The number of halogens is 1. The number of pyridine rings is 1. The van der Waals surface area contributed by atoms with Crippen LogP contribution in [0.4, 0.5) is 5.69 Å². The molecule has 0 radical (unpaired) electrons. The summed E-state index contributed by atoms with van der Waals surface area (Å²) >= 11 is 5.81. The molecule has 0 aliphatic heterocycles. The number of amides is 2. The van der Waals surface area contributed by atoms with Crippen molar-refractivity contribution in [1.29, 1.82) is 0 Å². The Bertz CT molecular complexity index is 971. The average molecular weight is 398 g/mol. The van der Waals surface area contributed by atoms with Gasteiger partial charge in [-0.25, -0.2) is 0 Å². The maximum absolute atomic E-state index is 12.2. The fourth-order valence-electron chi connectivity index (χ4n) is 2.79. The van der Waals surface area contributed by atoms with Crippen molar-refractivity contribution in [1.82, 2.24) is 10.3 Å². The molecule has 1 aromatic heterocycles. The smallest absolute Gasteiger partial charge is 0.258 e. The molecular formula is C21H20ClN3O3. The summed E-state index contributed by atoms with van der Waals surface area (Å²) in [5.74, 6) is 0.172. The highest BCUT2D eigenvalue weighted by Crippen LogP contribution is 2.24. The van der Waals surface area contributed by atoms with Gasteiger partial charge in [-0.1, -0.05) is 29.8 Å². The van der Waals surface area contributed by atoms with Gasteiger partial charge in [0.1, 0.15) is 5.75 Å². The largest absolute Gasteiger partial charge is 0.484 e. The second kappa shape index (κ2) is 9.19. The van der Waals surface area contributed by atoms with E-state index >= 15 is 0 Å². The van der Waals surface area contributed by atoms with Gasteiger partial charge in [0.15, 0.2) is 6.61 Å². The molecule has 2 aromatic carbocycles. The maximum Gasteiger partial charge on any atom is 0.258 e. The zero-order valence-corrected chi connectivity index (χ0v) is 16.1. The molecule has 0 aliphatic carbocycles. The predicted molar refractivity (Wildman–Crippen MR) is 110 cm³/mol. The lowest BCUT2D eigenvalue weighted by Gasteiger charge is -2.22. The molecule has 1 heterocycles. The molecule has 0 spiro atoms. The van der Waals surface area contributed by atoms with Gasteiger partial charge in [-0.3, -0.25) is 14.6 Å². The zero-order chi connectivity index (χ0) is 19.9. The van der Waals surface area contributed by atoms with Crippen LogP contribution in [-0.4, -0.2) is 36.5 Å². The van der Waals surface area contributed by atoms with Crippen LogP contribution < -0.4 is 15.0 Å². The lowest BCUT2D eigenvalue weighted by Crippen LogP contribution is -2.39. The highest BCUT2D eigenvalue weighted by atomic mass is 35.5. The van der Waals surface area contributed by atoms with Gasteiger partial charge in [-0.05, 0) is 36.4 Å². The number of carbonyl (C=O) groups is 2. The Balaban J connectivity index is 1.57. The van der Waals surface area contributed by atoms with Crippen molar-refractivity contribution < 1.29 is 14.3 Å². The summed E-state index contributed by atoms with van der Waals surface area (Å²) in [5, 5.41) is 4.31. The van der Waals surface area contributed by atoms with Gasteiger partial charge in [-0.2, -0.15) is 0 Å². The van der Waals surface area contributed by atoms with Crippen LogP contribution in [0, 0.1) is 0 Å². The van der Waals surface area contributed by atoms with Crippen LogP contribution in [0.1, 0.15) is 6.92 Å². The fourth-order valence-corrected chi connectivity index (χ4v) is 2.92. The van der Waals surface area contributed by atoms with Crippen molar-refractivity contribution in [2.24, 2.45) is 0 Å². The number of para-hydroxylation sites is 1. The molecule has 28 heavy (non-hydrogen) atoms. The van der Waals surface area contributed by atoms with Gasteiger partial charge < -0.3 is 15.0 Å². The summed E-state index contributed by atoms with van der Waals surface area (Å²) in [5.41, 5.74) is 1.47. The SMILES string of the molecule is CC(=O)N(CCNC(=O)COc1ccc(Cl)cc1)c1cccc2cccnc12. The fraction of sp³-hybridized carbons (Fsp3) is 0.190. The molecule has 0 unspecified atom stereocenters. The number of rotatable bonds is 7. The molecule has 7 heteroatoms. The van der Waals surface area contributed by atoms with Crippen LogP contribution >= 0.6 is 11.6 Å². The van der Waals surface area contributed by atoms with Gasteiger partial charge in [0.2, 0.25) is 5.91 Å². The van der Waals surface area contributed by atoms with Gasteiger partial charge in [0.05, 0.1) is 11.2 Å². The zero-order valence-electron chi connectivity index (χ0n) is 15.4. The maximum atomic E-state index is 12.2. The van der Waals surface area contributed by atoms with Gasteiger partial charge in [-0.15, -0.1) is 0 Å². The molecule has 144 valence electrons. The third kappa shape index (κ3) is 4.98. The topological polar surface area (TPSA) is 71.5 Å². The second-order valence-electron chi connectivity index (χ2n) is 6.12. The van der Waals surface area contributed by atoms with Crippen LogP contribution in [0.25, 0.3) is 10.9 Å². The lowest BCUT2D eigenvalue weighted by atomic mass is 10.1. The Hall–Kier alpha value is -3.12. The summed E-state index contributed by atoms with van der Waals surface area (Å²) in [6.45, 7) is 2.01. The number of aromatic nitrogens is 1. The lowest BCUT2D eigenvalue weighted by molar-refractivity contribution is -0.123. The van der Waals surface area contributed by atoms with Crippen molar-refractivity contribution in [3.8, 4) is 5.75 Å². The summed E-state index contributed by atoms with van der Waals surface area (Å²) in [7, 11) is 0. The first-order valence-electron chi connectivity index (χ1n) is 8.81. The number of nitrogens with zero attached hydrogens (tertiary/aromatic N) is 2. The quantitative estimate of drug-likeness (QED) is 0.663. The molecule has 3 aromatic rings. The van der Waals surface area contributed by atoms with Gasteiger partial charge in [0.25, 0.3) is 5.91 Å². The van der Waals surface area contributed by atoms with Crippen LogP contribution in [0.15, 0.2) is 60.8 Å². The molecule has 0 aliphatic rings. The van der Waals surface area contributed by atoms with E-state index in [-0.39, 0.29) is 18.4 Å². The highest BCUT2D eigenvalue weighted by Gasteiger charge is 2.15. The number of hydrogen-bond acceptors (Lipinski definition) is 4. The first kappa shape index (κ1) is 19.6. The van der Waals surface area contributed by atoms with Crippen LogP contribution in [0.5, 0.6) is 5.75 Å². The summed E-state index contributed by atoms with van der Waals surface area (Å²) in [6, 6.07) is 16.2. The molecular weight excluding hydrogens is 378 g/mol. The van der Waals surface area contributed by atoms with Crippen molar-refractivity contribution in [3.63, 3.8) is 0 Å². The molecule has 6 nitrogen and oxygen atoms in total.